The molecule has 1 aromatic heterocycles. The molecule has 7 nitrogen and oxygen atoms in total. The van der Waals surface area contributed by atoms with Crippen molar-refractivity contribution in [2.75, 3.05) is 13.7 Å². The number of fused-ring (bicyclic) bond motifs is 1. The maximum Gasteiger partial charge on any atom is 0.405 e. The smallest absolute Gasteiger partial charge is 0.405 e. The van der Waals surface area contributed by atoms with Crippen molar-refractivity contribution >= 4 is 22.6 Å². The van der Waals surface area contributed by atoms with E-state index < -0.39 is 23.8 Å². The minimum Gasteiger partial charge on any atom is -0.496 e. The Morgan fingerprint density at radius 1 is 1.20 bits per heavy atom. The molecule has 1 heterocycles. The van der Waals surface area contributed by atoms with Crippen LogP contribution in [0, 0.1) is 5.82 Å². The van der Waals surface area contributed by atoms with Crippen LogP contribution in [-0.2, 0) is 4.74 Å². The molecule has 0 saturated heterocycles. The molecule has 156 valence electrons. The summed E-state index contributed by atoms with van der Waals surface area (Å²) in [5.74, 6) is -0.945. The van der Waals surface area contributed by atoms with Crippen molar-refractivity contribution < 1.29 is 28.2 Å². The summed E-state index contributed by atoms with van der Waals surface area (Å²) in [4.78, 5) is 28.5. The number of ether oxygens (including phenoxy) is 3. The summed E-state index contributed by atoms with van der Waals surface area (Å²) in [5.41, 5.74) is 5.38. The van der Waals surface area contributed by atoms with Crippen LogP contribution in [0.5, 0.6) is 11.6 Å². The number of aromatic nitrogens is 1. The highest BCUT2D eigenvalue weighted by Crippen LogP contribution is 2.33. The Morgan fingerprint density at radius 2 is 1.97 bits per heavy atom. The zero-order valence-electron chi connectivity index (χ0n) is 16.8. The van der Waals surface area contributed by atoms with Crippen LogP contribution in [0.3, 0.4) is 0 Å². The van der Waals surface area contributed by atoms with Crippen molar-refractivity contribution in [2.45, 2.75) is 20.0 Å². The normalized spacial score (nSPS) is 11.7. The first-order valence-electron chi connectivity index (χ1n) is 9.26. The summed E-state index contributed by atoms with van der Waals surface area (Å²) in [5, 5.41) is 1.22. The second kappa shape index (κ2) is 8.77. The number of hydrogen-bond donors (Lipinski definition) is 1. The number of rotatable bonds is 7. The van der Waals surface area contributed by atoms with Crippen LogP contribution in [0.15, 0.2) is 42.6 Å². The van der Waals surface area contributed by atoms with Crippen molar-refractivity contribution in [3.63, 3.8) is 0 Å². The van der Waals surface area contributed by atoms with Crippen molar-refractivity contribution in [1.29, 1.82) is 0 Å². The number of pyridine rings is 1. The molecule has 0 aliphatic rings. The quantitative estimate of drug-likeness (QED) is 0.585. The monoisotopic (exact) mass is 412 g/mol. The minimum absolute atomic E-state index is 0.0195. The Hall–Kier alpha value is -3.68. The van der Waals surface area contributed by atoms with Crippen molar-refractivity contribution in [3.8, 4) is 11.6 Å². The lowest BCUT2D eigenvalue weighted by atomic mass is 9.95. The van der Waals surface area contributed by atoms with E-state index in [9.17, 15) is 9.59 Å². The molecule has 0 spiro atoms. The second-order valence-electron chi connectivity index (χ2n) is 6.44. The molecule has 0 fully saturated rings. The topological polar surface area (TPSA) is 101 Å². The fourth-order valence-corrected chi connectivity index (χ4v) is 3.22. The molecule has 0 aliphatic heterocycles. The molecule has 0 aliphatic carbocycles. The van der Waals surface area contributed by atoms with Gasteiger partial charge in [0.1, 0.15) is 23.2 Å². The van der Waals surface area contributed by atoms with Gasteiger partial charge in [0.15, 0.2) is 5.78 Å². The summed E-state index contributed by atoms with van der Waals surface area (Å²) >= 11 is 0. The van der Waals surface area contributed by atoms with E-state index in [0.717, 1.165) is 6.07 Å². The van der Waals surface area contributed by atoms with Gasteiger partial charge in [-0.05, 0) is 49.1 Å². The van der Waals surface area contributed by atoms with E-state index in [1.807, 2.05) is 6.92 Å². The molecule has 0 saturated carbocycles. The molecule has 1 atom stereocenters. The molecule has 2 N–H and O–H groups in total. The zero-order chi connectivity index (χ0) is 21.8. The van der Waals surface area contributed by atoms with E-state index in [1.165, 1.54) is 26.3 Å². The predicted molar refractivity (Wildman–Crippen MR) is 108 cm³/mol. The van der Waals surface area contributed by atoms with Gasteiger partial charge in [0.25, 0.3) is 0 Å². The van der Waals surface area contributed by atoms with Crippen molar-refractivity contribution in [3.05, 3.63) is 65.1 Å². The lowest BCUT2D eigenvalue weighted by Crippen LogP contribution is -2.16. The molecular formula is C22H21FN2O5. The highest BCUT2D eigenvalue weighted by Gasteiger charge is 2.24. The molecule has 3 rings (SSSR count). The fraction of sp³-hybridized carbons (Fsp3) is 0.227. The van der Waals surface area contributed by atoms with E-state index in [0.29, 0.717) is 28.8 Å². The third-order valence-electron chi connectivity index (χ3n) is 4.58. The van der Waals surface area contributed by atoms with Gasteiger partial charge >= 0.3 is 6.09 Å². The standard InChI is InChI=1S/C22H21FN2O5/c1-4-29-21-16-7-5-6-15(14(16)8-9-25-21)20(26)19-17(23)10-13(11-18(19)28-3)12(2)30-22(24)27/h5-12H,4H2,1-3H3,(H2,24,27)/t12-/m1/s1. The molecule has 8 heteroatoms. The average molecular weight is 412 g/mol. The number of halogens is 1. The first-order chi connectivity index (χ1) is 14.4. The predicted octanol–water partition coefficient (Wildman–Crippen LogP) is 4.17. The van der Waals surface area contributed by atoms with Crippen LogP contribution in [0.4, 0.5) is 9.18 Å². The molecule has 0 radical (unpaired) electrons. The third kappa shape index (κ3) is 4.03. The lowest BCUT2D eigenvalue weighted by Gasteiger charge is -2.16. The summed E-state index contributed by atoms with van der Waals surface area (Å²) in [6.07, 6.45) is -0.271. The van der Waals surface area contributed by atoms with Gasteiger partial charge in [-0.1, -0.05) is 12.1 Å². The number of ketones is 1. The van der Waals surface area contributed by atoms with Gasteiger partial charge in [0.05, 0.1) is 13.7 Å². The van der Waals surface area contributed by atoms with Gasteiger partial charge < -0.3 is 19.9 Å². The lowest BCUT2D eigenvalue weighted by molar-refractivity contribution is 0.103. The van der Waals surface area contributed by atoms with Crippen LogP contribution < -0.4 is 15.2 Å². The number of carbonyl (C=O) groups is 2. The third-order valence-corrected chi connectivity index (χ3v) is 4.58. The van der Waals surface area contributed by atoms with Gasteiger partial charge in [-0.3, -0.25) is 4.79 Å². The molecular weight excluding hydrogens is 391 g/mol. The number of amides is 1. The van der Waals surface area contributed by atoms with Crippen LogP contribution in [0.1, 0.15) is 41.4 Å². The maximum atomic E-state index is 15.0. The first-order valence-corrected chi connectivity index (χ1v) is 9.26. The van der Waals surface area contributed by atoms with E-state index in [2.05, 4.69) is 4.98 Å². The Bertz CT molecular complexity index is 1120. The molecule has 3 aromatic rings. The van der Waals surface area contributed by atoms with Gasteiger partial charge in [-0.2, -0.15) is 0 Å². The first kappa shape index (κ1) is 21.0. The Labute approximate surface area is 172 Å². The number of nitrogens with two attached hydrogens (primary N) is 1. The number of benzene rings is 2. The molecule has 0 unspecified atom stereocenters. The molecule has 0 bridgehead atoms. The van der Waals surface area contributed by atoms with Crippen LogP contribution >= 0.6 is 0 Å². The summed E-state index contributed by atoms with van der Waals surface area (Å²) in [7, 11) is 1.33. The van der Waals surface area contributed by atoms with E-state index in [1.54, 1.807) is 24.3 Å². The number of hydrogen-bond acceptors (Lipinski definition) is 6. The highest BCUT2D eigenvalue weighted by molar-refractivity contribution is 6.18. The zero-order valence-corrected chi connectivity index (χ0v) is 16.8. The Kier molecular flexibility index (Phi) is 6.15. The number of carbonyl (C=O) groups excluding carboxylic acids is 2. The fourth-order valence-electron chi connectivity index (χ4n) is 3.22. The van der Waals surface area contributed by atoms with E-state index >= 15 is 4.39 Å². The van der Waals surface area contributed by atoms with Crippen molar-refractivity contribution in [2.24, 2.45) is 5.73 Å². The molecule has 30 heavy (non-hydrogen) atoms. The van der Waals surface area contributed by atoms with E-state index in [-0.39, 0.29) is 16.9 Å². The van der Waals surface area contributed by atoms with Crippen LogP contribution in [-0.4, -0.2) is 30.6 Å². The second-order valence-corrected chi connectivity index (χ2v) is 6.44. The average Bonchev–Trinajstić information content (AvgIpc) is 2.72. The Morgan fingerprint density at radius 3 is 2.63 bits per heavy atom. The maximum absolute atomic E-state index is 15.0. The molecule has 2 aromatic carbocycles. The molecule has 1 amide bonds. The van der Waals surface area contributed by atoms with Crippen molar-refractivity contribution in [1.82, 2.24) is 4.98 Å². The summed E-state index contributed by atoms with van der Waals surface area (Å²) < 4.78 is 30.7. The minimum atomic E-state index is -0.989. The van der Waals surface area contributed by atoms with Crippen LogP contribution in [0.25, 0.3) is 10.8 Å². The Balaban J connectivity index is 2.11. The van der Waals surface area contributed by atoms with E-state index in [4.69, 9.17) is 19.9 Å². The number of methoxy groups -OCH3 is 1. The van der Waals surface area contributed by atoms with Crippen LogP contribution in [0.2, 0.25) is 0 Å². The van der Waals surface area contributed by atoms with Gasteiger partial charge in [0.2, 0.25) is 5.88 Å². The largest absolute Gasteiger partial charge is 0.496 e. The summed E-state index contributed by atoms with van der Waals surface area (Å²) in [6.45, 7) is 3.79. The highest BCUT2D eigenvalue weighted by atomic mass is 19.1. The SMILES string of the molecule is CCOc1nccc2c(C(=O)c3c(F)cc([C@@H](C)OC(N)=O)cc3OC)cccc12. The van der Waals surface area contributed by atoms with Gasteiger partial charge in [-0.25, -0.2) is 14.2 Å². The van der Waals surface area contributed by atoms with Gasteiger partial charge in [-0.15, -0.1) is 0 Å². The number of primary amides is 1. The number of nitrogens with zero attached hydrogens (tertiary/aromatic N) is 1. The summed E-state index contributed by atoms with van der Waals surface area (Å²) in [6, 6.07) is 9.31. The van der Waals surface area contributed by atoms with Gasteiger partial charge in [0, 0.05) is 17.1 Å².